The van der Waals surface area contributed by atoms with E-state index in [0.29, 0.717) is 19.3 Å². The average Bonchev–Trinajstić information content (AvgIpc) is 2.76. The van der Waals surface area contributed by atoms with E-state index in [1.54, 1.807) is 0 Å². The van der Waals surface area contributed by atoms with Gasteiger partial charge in [0.1, 0.15) is 17.9 Å². The van der Waals surface area contributed by atoms with Crippen LogP contribution in [0.4, 0.5) is 4.79 Å². The van der Waals surface area contributed by atoms with E-state index in [9.17, 15) is 14.4 Å². The SMILES string of the molecule is COC(=O)C1(NC(=O)OCc2ccccc2)CCCC(=O)CC1. The summed E-state index contributed by atoms with van der Waals surface area (Å²) in [7, 11) is 1.27. The number of ether oxygens (including phenoxy) is 2. The second-order valence-electron chi connectivity index (χ2n) is 5.65. The Morgan fingerprint density at radius 3 is 2.61 bits per heavy atom. The predicted molar refractivity (Wildman–Crippen MR) is 82.6 cm³/mol. The molecule has 23 heavy (non-hydrogen) atoms. The van der Waals surface area contributed by atoms with Crippen molar-refractivity contribution in [1.29, 1.82) is 0 Å². The molecule has 0 spiro atoms. The summed E-state index contributed by atoms with van der Waals surface area (Å²) in [5.74, 6) is -0.445. The Morgan fingerprint density at radius 1 is 1.17 bits per heavy atom. The zero-order valence-electron chi connectivity index (χ0n) is 13.2. The molecule has 1 aliphatic carbocycles. The van der Waals surface area contributed by atoms with Crippen molar-refractivity contribution in [2.75, 3.05) is 7.11 Å². The predicted octanol–water partition coefficient (Wildman–Crippen LogP) is 2.36. The van der Waals surface area contributed by atoms with Crippen molar-refractivity contribution in [3.8, 4) is 0 Å². The molecular formula is C17H21NO5. The maximum absolute atomic E-state index is 12.2. The van der Waals surface area contributed by atoms with Gasteiger partial charge in [0, 0.05) is 12.8 Å². The zero-order valence-corrected chi connectivity index (χ0v) is 13.2. The highest BCUT2D eigenvalue weighted by Crippen LogP contribution is 2.27. The number of alkyl carbamates (subject to hydrolysis) is 1. The number of hydrogen-bond donors (Lipinski definition) is 1. The molecule has 1 aromatic rings. The van der Waals surface area contributed by atoms with E-state index in [4.69, 9.17) is 9.47 Å². The highest BCUT2D eigenvalue weighted by atomic mass is 16.6. The number of nitrogens with one attached hydrogen (secondary N) is 1. The van der Waals surface area contributed by atoms with Crippen molar-refractivity contribution in [2.24, 2.45) is 0 Å². The summed E-state index contributed by atoms with van der Waals surface area (Å²) in [6, 6.07) is 9.26. The average molecular weight is 319 g/mol. The Bertz CT molecular complexity index is 572. The van der Waals surface area contributed by atoms with E-state index < -0.39 is 17.6 Å². The number of amides is 1. The number of esters is 1. The highest BCUT2D eigenvalue weighted by molar-refractivity contribution is 5.88. The van der Waals surface area contributed by atoms with Gasteiger partial charge in [0.25, 0.3) is 0 Å². The summed E-state index contributed by atoms with van der Waals surface area (Å²) >= 11 is 0. The molecule has 1 atom stereocenters. The summed E-state index contributed by atoms with van der Waals surface area (Å²) in [4.78, 5) is 35.8. The van der Waals surface area contributed by atoms with Crippen LogP contribution >= 0.6 is 0 Å². The highest BCUT2D eigenvalue weighted by Gasteiger charge is 2.42. The molecule has 0 radical (unpaired) electrons. The summed E-state index contributed by atoms with van der Waals surface area (Å²) in [5, 5.41) is 2.63. The number of ketones is 1. The standard InChI is InChI=1S/C17H21NO5/c1-22-15(20)17(10-5-8-14(19)9-11-17)18-16(21)23-12-13-6-3-2-4-7-13/h2-4,6-7H,5,8-12H2,1H3,(H,18,21). The minimum Gasteiger partial charge on any atom is -0.467 e. The van der Waals surface area contributed by atoms with Gasteiger partial charge in [0.2, 0.25) is 0 Å². The number of carbonyl (C=O) groups excluding carboxylic acids is 3. The van der Waals surface area contributed by atoms with Crippen molar-refractivity contribution in [1.82, 2.24) is 5.32 Å². The van der Waals surface area contributed by atoms with Crippen LogP contribution < -0.4 is 5.32 Å². The third-order valence-electron chi connectivity index (χ3n) is 4.02. The fourth-order valence-electron chi connectivity index (χ4n) is 2.72. The zero-order chi connectivity index (χ0) is 16.7. The van der Waals surface area contributed by atoms with Gasteiger partial charge in [-0.2, -0.15) is 0 Å². The van der Waals surface area contributed by atoms with E-state index in [2.05, 4.69) is 5.32 Å². The lowest BCUT2D eigenvalue weighted by molar-refractivity contribution is -0.149. The van der Waals surface area contributed by atoms with Gasteiger partial charge in [0.05, 0.1) is 7.11 Å². The lowest BCUT2D eigenvalue weighted by Crippen LogP contribution is -2.55. The van der Waals surface area contributed by atoms with Crippen LogP contribution in [0.1, 0.15) is 37.7 Å². The van der Waals surface area contributed by atoms with Crippen molar-refractivity contribution in [2.45, 2.75) is 44.2 Å². The first-order chi connectivity index (χ1) is 11.1. The largest absolute Gasteiger partial charge is 0.467 e. The fourth-order valence-corrected chi connectivity index (χ4v) is 2.72. The van der Waals surface area contributed by atoms with Crippen molar-refractivity contribution in [3.05, 3.63) is 35.9 Å². The Morgan fingerprint density at radius 2 is 1.91 bits per heavy atom. The normalized spacial score (nSPS) is 21.2. The molecule has 0 bridgehead atoms. The van der Waals surface area contributed by atoms with Crippen LogP contribution in [-0.2, 0) is 25.7 Å². The number of hydrogen-bond acceptors (Lipinski definition) is 5. The molecule has 1 unspecified atom stereocenters. The van der Waals surface area contributed by atoms with Crippen LogP contribution in [0, 0.1) is 0 Å². The summed E-state index contributed by atoms with van der Waals surface area (Å²) in [5.41, 5.74) is -0.333. The van der Waals surface area contributed by atoms with Gasteiger partial charge in [-0.05, 0) is 24.8 Å². The topological polar surface area (TPSA) is 81.7 Å². The Kier molecular flexibility index (Phi) is 5.73. The molecule has 0 heterocycles. The van der Waals surface area contributed by atoms with Gasteiger partial charge in [-0.1, -0.05) is 30.3 Å². The fraction of sp³-hybridized carbons (Fsp3) is 0.471. The lowest BCUT2D eigenvalue weighted by atomic mass is 9.90. The van der Waals surface area contributed by atoms with Crippen LogP contribution in [0.25, 0.3) is 0 Å². The number of benzene rings is 1. The van der Waals surface area contributed by atoms with Crippen molar-refractivity contribution < 1.29 is 23.9 Å². The van der Waals surface area contributed by atoms with Crippen molar-refractivity contribution in [3.63, 3.8) is 0 Å². The molecule has 6 nitrogen and oxygen atoms in total. The second-order valence-corrected chi connectivity index (χ2v) is 5.65. The van der Waals surface area contributed by atoms with Gasteiger partial charge in [-0.25, -0.2) is 9.59 Å². The Labute approximate surface area is 135 Å². The summed E-state index contributed by atoms with van der Waals surface area (Å²) < 4.78 is 10.0. The van der Waals surface area contributed by atoms with Crippen LogP contribution in [-0.4, -0.2) is 30.5 Å². The minimum absolute atomic E-state index is 0.0928. The van der Waals surface area contributed by atoms with Gasteiger partial charge in [-0.3, -0.25) is 4.79 Å². The molecule has 0 saturated heterocycles. The van der Waals surface area contributed by atoms with Gasteiger partial charge in [0.15, 0.2) is 0 Å². The molecule has 1 fully saturated rings. The first-order valence-corrected chi connectivity index (χ1v) is 7.65. The maximum Gasteiger partial charge on any atom is 0.408 e. The number of rotatable bonds is 4. The molecule has 1 amide bonds. The molecule has 0 aliphatic heterocycles. The first-order valence-electron chi connectivity index (χ1n) is 7.65. The number of Topliss-reactive ketones (excluding diaryl/α,β-unsaturated/α-hetero) is 1. The lowest BCUT2D eigenvalue weighted by Gasteiger charge is -2.30. The Balaban J connectivity index is 2.01. The van der Waals surface area contributed by atoms with E-state index in [1.807, 2.05) is 30.3 Å². The van der Waals surface area contributed by atoms with Gasteiger partial charge in [-0.15, -0.1) is 0 Å². The molecule has 6 heteroatoms. The van der Waals surface area contributed by atoms with Crippen LogP contribution in [0.3, 0.4) is 0 Å². The Hall–Kier alpha value is -2.37. The first kappa shape index (κ1) is 17.0. The number of carbonyl (C=O) groups is 3. The van der Waals surface area contributed by atoms with E-state index in [0.717, 1.165) is 5.56 Å². The molecule has 1 saturated carbocycles. The van der Waals surface area contributed by atoms with Gasteiger partial charge < -0.3 is 14.8 Å². The summed E-state index contributed by atoms with van der Waals surface area (Å²) in [6.07, 6.45) is 1.11. The maximum atomic E-state index is 12.2. The van der Waals surface area contributed by atoms with Crippen LogP contribution in [0.15, 0.2) is 30.3 Å². The quantitative estimate of drug-likeness (QED) is 0.680. The molecule has 1 N–H and O–H groups in total. The molecule has 0 aromatic heterocycles. The van der Waals surface area contributed by atoms with E-state index in [-0.39, 0.29) is 25.2 Å². The third-order valence-corrected chi connectivity index (χ3v) is 4.02. The second kappa shape index (κ2) is 7.76. The molecule has 1 aromatic carbocycles. The summed E-state index contributed by atoms with van der Waals surface area (Å²) in [6.45, 7) is 0.114. The smallest absolute Gasteiger partial charge is 0.408 e. The van der Waals surface area contributed by atoms with Crippen LogP contribution in [0.5, 0.6) is 0 Å². The minimum atomic E-state index is -1.19. The molecule has 124 valence electrons. The molecule has 2 rings (SSSR count). The molecular weight excluding hydrogens is 298 g/mol. The third kappa shape index (κ3) is 4.55. The molecule has 1 aliphatic rings. The monoisotopic (exact) mass is 319 g/mol. The van der Waals surface area contributed by atoms with Gasteiger partial charge >= 0.3 is 12.1 Å². The van der Waals surface area contributed by atoms with Crippen molar-refractivity contribution >= 4 is 17.8 Å². The number of methoxy groups -OCH3 is 1. The van der Waals surface area contributed by atoms with E-state index in [1.165, 1.54) is 7.11 Å². The van der Waals surface area contributed by atoms with E-state index >= 15 is 0 Å². The van der Waals surface area contributed by atoms with Crippen LogP contribution in [0.2, 0.25) is 0 Å².